The van der Waals surface area contributed by atoms with E-state index in [1.54, 1.807) is 0 Å². The van der Waals surface area contributed by atoms with Crippen molar-refractivity contribution in [1.82, 2.24) is 5.32 Å². The molecule has 1 unspecified atom stereocenters. The van der Waals surface area contributed by atoms with Crippen molar-refractivity contribution in [2.75, 3.05) is 0 Å². The first-order valence-corrected chi connectivity index (χ1v) is 5.23. The fourth-order valence-corrected chi connectivity index (χ4v) is 3.04. The fourth-order valence-electron chi connectivity index (χ4n) is 3.04. The number of carbonyl (C=O) groups is 2. The molecule has 0 aromatic carbocycles. The first-order chi connectivity index (χ1) is 6.69. The Morgan fingerprint density at radius 3 is 2.13 bits per heavy atom. The molecule has 15 heavy (non-hydrogen) atoms. The summed E-state index contributed by atoms with van der Waals surface area (Å²) >= 11 is 0. The van der Waals surface area contributed by atoms with Crippen molar-refractivity contribution in [3.63, 3.8) is 0 Å². The Bertz CT molecular complexity index is 346. The van der Waals surface area contributed by atoms with Crippen LogP contribution < -0.4 is 5.32 Å². The molecule has 0 saturated carbocycles. The SMILES string of the molecule is CC1(C)CC2(CC(=O)NC2=O)C(C)(C)O1. The van der Waals surface area contributed by atoms with Crippen LogP contribution in [-0.4, -0.2) is 23.0 Å². The van der Waals surface area contributed by atoms with Gasteiger partial charge in [-0.15, -0.1) is 0 Å². The topological polar surface area (TPSA) is 55.4 Å². The number of rotatable bonds is 0. The Hall–Kier alpha value is -0.900. The summed E-state index contributed by atoms with van der Waals surface area (Å²) in [6.45, 7) is 7.69. The summed E-state index contributed by atoms with van der Waals surface area (Å²) in [5, 5.41) is 2.39. The zero-order chi connectivity index (χ0) is 11.5. The summed E-state index contributed by atoms with van der Waals surface area (Å²) in [5.74, 6) is -0.363. The normalized spacial score (nSPS) is 37.3. The van der Waals surface area contributed by atoms with Crippen molar-refractivity contribution in [2.45, 2.75) is 51.7 Å². The lowest BCUT2D eigenvalue weighted by molar-refractivity contribution is -0.138. The third-order valence-electron chi connectivity index (χ3n) is 3.56. The minimum absolute atomic E-state index is 0.178. The van der Waals surface area contributed by atoms with Crippen molar-refractivity contribution in [3.8, 4) is 0 Å². The maximum absolute atomic E-state index is 11.9. The van der Waals surface area contributed by atoms with Gasteiger partial charge in [-0.3, -0.25) is 14.9 Å². The van der Waals surface area contributed by atoms with Crippen molar-refractivity contribution >= 4 is 11.8 Å². The predicted molar refractivity (Wildman–Crippen MR) is 54.1 cm³/mol. The van der Waals surface area contributed by atoms with Crippen LogP contribution >= 0.6 is 0 Å². The van der Waals surface area contributed by atoms with Crippen LogP contribution in [-0.2, 0) is 14.3 Å². The number of amides is 2. The van der Waals surface area contributed by atoms with Crippen LogP contribution in [0.3, 0.4) is 0 Å². The standard InChI is InChI=1S/C11H17NO3/c1-9(2)6-11(10(3,4)15-9)5-7(13)12-8(11)14/h5-6H2,1-4H3,(H,12,13,14). The summed E-state index contributed by atoms with van der Waals surface area (Å²) in [6, 6.07) is 0. The molecule has 4 heteroatoms. The molecule has 2 heterocycles. The van der Waals surface area contributed by atoms with Crippen molar-refractivity contribution in [1.29, 1.82) is 0 Å². The lowest BCUT2D eigenvalue weighted by Crippen LogP contribution is -2.45. The van der Waals surface area contributed by atoms with E-state index in [2.05, 4.69) is 5.32 Å². The molecular weight excluding hydrogens is 194 g/mol. The molecule has 1 spiro atoms. The largest absolute Gasteiger partial charge is 0.369 e. The van der Waals surface area contributed by atoms with Crippen LogP contribution in [0.15, 0.2) is 0 Å². The molecule has 0 radical (unpaired) electrons. The van der Waals surface area contributed by atoms with Crippen LogP contribution in [0.5, 0.6) is 0 Å². The van der Waals surface area contributed by atoms with Crippen LogP contribution in [0.2, 0.25) is 0 Å². The lowest BCUT2D eigenvalue weighted by Gasteiger charge is -2.32. The molecule has 0 aliphatic carbocycles. The highest BCUT2D eigenvalue weighted by Crippen LogP contribution is 2.54. The molecular formula is C11H17NO3. The van der Waals surface area contributed by atoms with Crippen molar-refractivity contribution < 1.29 is 14.3 Å². The number of hydrogen-bond donors (Lipinski definition) is 1. The third kappa shape index (κ3) is 1.31. The highest BCUT2D eigenvalue weighted by Gasteiger charge is 2.64. The highest BCUT2D eigenvalue weighted by atomic mass is 16.5. The maximum Gasteiger partial charge on any atom is 0.236 e. The van der Waals surface area contributed by atoms with E-state index < -0.39 is 11.0 Å². The second-order valence-electron chi connectivity index (χ2n) is 5.69. The van der Waals surface area contributed by atoms with Gasteiger partial charge in [0.15, 0.2) is 0 Å². The van der Waals surface area contributed by atoms with Gasteiger partial charge in [-0.25, -0.2) is 0 Å². The summed E-state index contributed by atoms with van der Waals surface area (Å²) in [7, 11) is 0. The van der Waals surface area contributed by atoms with Gasteiger partial charge in [0.05, 0.1) is 16.6 Å². The van der Waals surface area contributed by atoms with E-state index in [0.717, 1.165) is 0 Å². The van der Waals surface area contributed by atoms with E-state index in [-0.39, 0.29) is 23.8 Å². The Labute approximate surface area is 89.4 Å². The molecule has 1 atom stereocenters. The van der Waals surface area contributed by atoms with E-state index in [9.17, 15) is 9.59 Å². The zero-order valence-electron chi connectivity index (χ0n) is 9.64. The van der Waals surface area contributed by atoms with Gasteiger partial charge in [-0.2, -0.15) is 0 Å². The van der Waals surface area contributed by atoms with Gasteiger partial charge in [0, 0.05) is 6.42 Å². The molecule has 4 nitrogen and oxygen atoms in total. The molecule has 2 fully saturated rings. The van der Waals surface area contributed by atoms with Crippen LogP contribution in [0.4, 0.5) is 0 Å². The average Bonchev–Trinajstić information content (AvgIpc) is 2.31. The predicted octanol–water partition coefficient (Wildman–Crippen LogP) is 0.997. The monoisotopic (exact) mass is 211 g/mol. The summed E-state index contributed by atoms with van der Waals surface area (Å²) in [4.78, 5) is 23.2. The number of carbonyl (C=O) groups excluding carboxylic acids is 2. The van der Waals surface area contributed by atoms with Gasteiger partial charge < -0.3 is 4.74 Å². The quantitative estimate of drug-likeness (QED) is 0.608. The van der Waals surface area contributed by atoms with E-state index >= 15 is 0 Å². The lowest BCUT2D eigenvalue weighted by atomic mass is 9.70. The first-order valence-electron chi connectivity index (χ1n) is 5.23. The minimum atomic E-state index is -0.673. The Kier molecular flexibility index (Phi) is 1.85. The van der Waals surface area contributed by atoms with E-state index in [0.29, 0.717) is 6.42 Å². The molecule has 84 valence electrons. The number of hydrogen-bond acceptors (Lipinski definition) is 3. The number of imide groups is 1. The van der Waals surface area contributed by atoms with Gasteiger partial charge in [0.2, 0.25) is 11.8 Å². The molecule has 0 aromatic heterocycles. The molecule has 2 aliphatic rings. The molecule has 2 aliphatic heterocycles. The first kappa shape index (κ1) is 10.6. The maximum atomic E-state index is 11.9. The summed E-state index contributed by atoms with van der Waals surface area (Å²) in [5.41, 5.74) is -1.59. The fraction of sp³-hybridized carbons (Fsp3) is 0.818. The minimum Gasteiger partial charge on any atom is -0.369 e. The highest BCUT2D eigenvalue weighted by molar-refractivity contribution is 6.06. The van der Waals surface area contributed by atoms with Gasteiger partial charge in [0.1, 0.15) is 0 Å². The van der Waals surface area contributed by atoms with Gasteiger partial charge in [0.25, 0.3) is 0 Å². The Morgan fingerprint density at radius 2 is 1.80 bits per heavy atom. The van der Waals surface area contributed by atoms with E-state index in [1.807, 2.05) is 27.7 Å². The second kappa shape index (κ2) is 2.61. The molecule has 0 aromatic rings. The van der Waals surface area contributed by atoms with Crippen molar-refractivity contribution in [3.05, 3.63) is 0 Å². The smallest absolute Gasteiger partial charge is 0.236 e. The Balaban J connectivity index is 2.44. The molecule has 2 amide bonds. The van der Waals surface area contributed by atoms with Crippen LogP contribution in [0.1, 0.15) is 40.5 Å². The van der Waals surface area contributed by atoms with E-state index in [4.69, 9.17) is 4.74 Å². The van der Waals surface area contributed by atoms with Crippen LogP contribution in [0, 0.1) is 5.41 Å². The molecule has 2 rings (SSSR count). The van der Waals surface area contributed by atoms with Crippen LogP contribution in [0.25, 0.3) is 0 Å². The number of nitrogens with one attached hydrogen (secondary N) is 1. The molecule has 2 saturated heterocycles. The Morgan fingerprint density at radius 1 is 1.20 bits per heavy atom. The zero-order valence-corrected chi connectivity index (χ0v) is 9.64. The number of ether oxygens (including phenoxy) is 1. The van der Waals surface area contributed by atoms with Gasteiger partial charge >= 0.3 is 0 Å². The summed E-state index contributed by atoms with van der Waals surface area (Å²) < 4.78 is 5.88. The van der Waals surface area contributed by atoms with E-state index in [1.165, 1.54) is 0 Å². The average molecular weight is 211 g/mol. The van der Waals surface area contributed by atoms with Crippen molar-refractivity contribution in [2.24, 2.45) is 5.41 Å². The molecule has 1 N–H and O–H groups in total. The van der Waals surface area contributed by atoms with Gasteiger partial charge in [-0.05, 0) is 34.1 Å². The second-order valence-corrected chi connectivity index (χ2v) is 5.69. The summed E-state index contributed by atoms with van der Waals surface area (Å²) in [6.07, 6.45) is 0.854. The van der Waals surface area contributed by atoms with Gasteiger partial charge in [-0.1, -0.05) is 0 Å². The molecule has 0 bridgehead atoms. The third-order valence-corrected chi connectivity index (χ3v) is 3.56.